The number of hydrogen-bond donors (Lipinski definition) is 0. The summed E-state index contributed by atoms with van der Waals surface area (Å²) in [5.74, 6) is -0.0358. The molecular weight excluding hydrogens is 394 g/mol. The Hall–Kier alpha value is -3.00. The van der Waals surface area contributed by atoms with Crippen LogP contribution in [-0.2, 0) is 25.4 Å². The maximum absolute atomic E-state index is 12.8. The van der Waals surface area contributed by atoms with E-state index in [-0.39, 0.29) is 18.0 Å². The Morgan fingerprint density at radius 3 is 2.28 bits per heavy atom. The van der Waals surface area contributed by atoms with Crippen LogP contribution in [0.4, 0.5) is 5.69 Å². The topological polar surface area (TPSA) is 72.5 Å². The van der Waals surface area contributed by atoms with Gasteiger partial charge in [0.25, 0.3) is 5.56 Å². The minimum absolute atomic E-state index is 0.0358. The van der Waals surface area contributed by atoms with Crippen LogP contribution >= 0.6 is 11.6 Å². The zero-order chi connectivity index (χ0) is 20.7. The van der Waals surface area contributed by atoms with Gasteiger partial charge in [0, 0.05) is 57.2 Å². The van der Waals surface area contributed by atoms with Crippen molar-refractivity contribution in [2.24, 2.45) is 14.1 Å². The average Bonchev–Trinajstić information content (AvgIpc) is 3.15. The lowest BCUT2D eigenvalue weighted by atomic mass is 10.2. The molecule has 0 atom stereocenters. The molecule has 2 aromatic heterocycles. The van der Waals surface area contributed by atoms with Gasteiger partial charge < -0.3 is 14.4 Å². The smallest absolute Gasteiger partial charge is 0.332 e. The van der Waals surface area contributed by atoms with Crippen LogP contribution < -0.4 is 16.1 Å². The lowest BCUT2D eigenvalue weighted by molar-refractivity contribution is -0.132. The summed E-state index contributed by atoms with van der Waals surface area (Å²) in [6, 6.07) is 9.34. The molecule has 8 nitrogen and oxygen atoms in total. The highest BCUT2D eigenvalue weighted by Gasteiger charge is 2.22. The molecule has 1 aliphatic rings. The maximum Gasteiger partial charge on any atom is 0.332 e. The number of piperazine rings is 1. The van der Waals surface area contributed by atoms with Crippen LogP contribution in [0.3, 0.4) is 0 Å². The molecule has 152 valence electrons. The highest BCUT2D eigenvalue weighted by atomic mass is 35.5. The molecular formula is C20H22ClN5O3. The second-order valence-corrected chi connectivity index (χ2v) is 7.67. The number of halogens is 1. The Morgan fingerprint density at radius 2 is 1.62 bits per heavy atom. The van der Waals surface area contributed by atoms with Crippen molar-refractivity contribution >= 4 is 34.2 Å². The van der Waals surface area contributed by atoms with Gasteiger partial charge in [-0.15, -0.1) is 0 Å². The fraction of sp³-hybridized carbons (Fsp3) is 0.350. The number of rotatable bonds is 3. The summed E-state index contributed by atoms with van der Waals surface area (Å²) in [7, 11) is 3.06. The number of aromatic nitrogens is 3. The van der Waals surface area contributed by atoms with Gasteiger partial charge in [-0.2, -0.15) is 0 Å². The third-order valence-electron chi connectivity index (χ3n) is 5.49. The summed E-state index contributed by atoms with van der Waals surface area (Å²) in [4.78, 5) is 41.4. The van der Waals surface area contributed by atoms with Crippen molar-refractivity contribution in [1.82, 2.24) is 18.6 Å². The molecule has 1 amide bonds. The van der Waals surface area contributed by atoms with Crippen molar-refractivity contribution in [3.63, 3.8) is 0 Å². The highest BCUT2D eigenvalue weighted by Crippen LogP contribution is 2.19. The van der Waals surface area contributed by atoms with Crippen molar-refractivity contribution in [3.8, 4) is 0 Å². The number of aryl methyl sites for hydroxylation is 1. The number of anilines is 1. The molecule has 1 fully saturated rings. The zero-order valence-corrected chi connectivity index (χ0v) is 17.1. The van der Waals surface area contributed by atoms with Crippen LogP contribution in [0.25, 0.3) is 11.0 Å². The summed E-state index contributed by atoms with van der Waals surface area (Å²) in [5.41, 5.74) is 0.785. The summed E-state index contributed by atoms with van der Waals surface area (Å²) in [6.45, 7) is 2.78. The third-order valence-corrected chi connectivity index (χ3v) is 5.74. The van der Waals surface area contributed by atoms with E-state index in [0.717, 1.165) is 23.3 Å². The molecule has 0 N–H and O–H groups in total. The normalized spacial score (nSPS) is 14.6. The Labute approximate surface area is 172 Å². The molecule has 0 radical (unpaired) electrons. The van der Waals surface area contributed by atoms with Gasteiger partial charge in [0.15, 0.2) is 0 Å². The van der Waals surface area contributed by atoms with Gasteiger partial charge in [-0.05, 0) is 30.3 Å². The maximum atomic E-state index is 12.8. The van der Waals surface area contributed by atoms with Gasteiger partial charge in [-0.25, -0.2) is 4.79 Å². The van der Waals surface area contributed by atoms with Gasteiger partial charge in [0.2, 0.25) is 5.91 Å². The third kappa shape index (κ3) is 3.44. The molecule has 0 bridgehead atoms. The van der Waals surface area contributed by atoms with E-state index in [0.29, 0.717) is 29.1 Å². The Kier molecular flexibility index (Phi) is 4.96. The van der Waals surface area contributed by atoms with Crippen molar-refractivity contribution in [1.29, 1.82) is 0 Å². The first-order chi connectivity index (χ1) is 13.9. The van der Waals surface area contributed by atoms with Crippen LogP contribution in [0, 0.1) is 0 Å². The number of fused-ring (bicyclic) bond motifs is 1. The molecule has 1 aliphatic heterocycles. The second kappa shape index (κ2) is 7.44. The number of carbonyl (C=O) groups is 1. The van der Waals surface area contributed by atoms with Gasteiger partial charge in [-0.3, -0.25) is 18.7 Å². The predicted octanol–water partition coefficient (Wildman–Crippen LogP) is 1.04. The van der Waals surface area contributed by atoms with E-state index in [1.807, 2.05) is 29.2 Å². The Morgan fingerprint density at radius 1 is 0.966 bits per heavy atom. The van der Waals surface area contributed by atoms with Gasteiger partial charge >= 0.3 is 5.69 Å². The van der Waals surface area contributed by atoms with Crippen LogP contribution in [0.1, 0.15) is 0 Å². The van der Waals surface area contributed by atoms with E-state index in [2.05, 4.69) is 4.90 Å². The number of carbonyl (C=O) groups excluding carboxylic acids is 1. The van der Waals surface area contributed by atoms with Gasteiger partial charge in [0.05, 0.1) is 5.39 Å². The van der Waals surface area contributed by atoms with Crippen molar-refractivity contribution in [2.75, 3.05) is 31.1 Å². The number of hydrogen-bond acceptors (Lipinski definition) is 4. The van der Waals surface area contributed by atoms with Crippen LogP contribution in [0.15, 0.2) is 46.1 Å². The molecule has 1 saturated heterocycles. The van der Waals surface area contributed by atoms with E-state index < -0.39 is 5.69 Å². The Balaban J connectivity index is 1.49. The second-order valence-electron chi connectivity index (χ2n) is 7.23. The van der Waals surface area contributed by atoms with E-state index >= 15 is 0 Å². The van der Waals surface area contributed by atoms with Crippen molar-refractivity contribution in [2.45, 2.75) is 6.54 Å². The number of nitrogens with zero attached hydrogens (tertiary/aromatic N) is 5. The summed E-state index contributed by atoms with van der Waals surface area (Å²) in [5, 5.41) is 1.13. The summed E-state index contributed by atoms with van der Waals surface area (Å²) >= 11 is 5.95. The fourth-order valence-corrected chi connectivity index (χ4v) is 3.95. The molecule has 9 heteroatoms. The molecule has 4 rings (SSSR count). The van der Waals surface area contributed by atoms with Gasteiger partial charge in [-0.1, -0.05) is 11.6 Å². The minimum Gasteiger partial charge on any atom is -0.368 e. The van der Waals surface area contributed by atoms with E-state index in [1.54, 1.807) is 23.9 Å². The van der Waals surface area contributed by atoms with Gasteiger partial charge in [0.1, 0.15) is 12.2 Å². The summed E-state index contributed by atoms with van der Waals surface area (Å²) < 4.78 is 4.15. The molecule has 3 aromatic rings. The summed E-state index contributed by atoms with van der Waals surface area (Å²) in [6.07, 6.45) is 1.69. The van der Waals surface area contributed by atoms with Crippen LogP contribution in [0.2, 0.25) is 5.02 Å². The highest BCUT2D eigenvalue weighted by molar-refractivity contribution is 6.30. The molecule has 0 saturated carbocycles. The molecule has 3 heterocycles. The minimum atomic E-state index is -0.411. The monoisotopic (exact) mass is 415 g/mol. The van der Waals surface area contributed by atoms with E-state index in [4.69, 9.17) is 11.6 Å². The van der Waals surface area contributed by atoms with E-state index in [9.17, 15) is 14.4 Å². The largest absolute Gasteiger partial charge is 0.368 e. The molecule has 29 heavy (non-hydrogen) atoms. The van der Waals surface area contributed by atoms with Crippen molar-refractivity contribution < 1.29 is 4.79 Å². The van der Waals surface area contributed by atoms with Crippen LogP contribution in [0.5, 0.6) is 0 Å². The quantitative estimate of drug-likeness (QED) is 0.640. The van der Waals surface area contributed by atoms with Crippen molar-refractivity contribution in [3.05, 3.63) is 62.4 Å². The molecule has 0 spiro atoms. The fourth-order valence-electron chi connectivity index (χ4n) is 3.83. The van der Waals surface area contributed by atoms with Crippen LogP contribution in [-0.4, -0.2) is 50.7 Å². The first-order valence-electron chi connectivity index (χ1n) is 9.40. The molecule has 0 unspecified atom stereocenters. The zero-order valence-electron chi connectivity index (χ0n) is 16.3. The molecule has 1 aromatic carbocycles. The average molecular weight is 416 g/mol. The Bertz CT molecular complexity index is 1180. The lowest BCUT2D eigenvalue weighted by Gasteiger charge is -2.36. The first-order valence-corrected chi connectivity index (χ1v) is 9.78. The first kappa shape index (κ1) is 19.3. The number of benzene rings is 1. The predicted molar refractivity (Wildman–Crippen MR) is 113 cm³/mol. The number of amides is 1. The molecule has 0 aliphatic carbocycles. The standard InChI is InChI=1S/C20H22ClN5O3/c1-22-18-16(19(28)23(2)20(22)29)7-8-26(18)13-17(27)25-11-9-24(10-12-25)15-5-3-14(21)4-6-15/h3-8H,9-13H2,1-2H3. The van der Waals surface area contributed by atoms with E-state index in [1.165, 1.54) is 11.6 Å². The lowest BCUT2D eigenvalue weighted by Crippen LogP contribution is -2.49. The SMILES string of the molecule is Cn1c(=O)c2ccn(CC(=O)N3CCN(c4ccc(Cl)cc4)CC3)c2n(C)c1=O.